The summed E-state index contributed by atoms with van der Waals surface area (Å²) in [7, 11) is 0. The van der Waals surface area contributed by atoms with Crippen molar-refractivity contribution in [2.24, 2.45) is 5.92 Å². The largest absolute Gasteiger partial charge is 0.444 e. The minimum Gasteiger partial charge on any atom is -0.444 e. The third kappa shape index (κ3) is 2.66. The van der Waals surface area contributed by atoms with Gasteiger partial charge in [-0.15, -0.1) is 0 Å². The van der Waals surface area contributed by atoms with Crippen LogP contribution in [-0.2, 0) is 11.3 Å². The van der Waals surface area contributed by atoms with Gasteiger partial charge >= 0.3 is 0 Å². The van der Waals surface area contributed by atoms with E-state index in [-0.39, 0.29) is 5.92 Å². The van der Waals surface area contributed by atoms with E-state index in [0.29, 0.717) is 11.8 Å². The van der Waals surface area contributed by atoms with E-state index in [2.05, 4.69) is 9.88 Å². The molecular formula is C16H24N2O2. The fraction of sp³-hybridized carbons (Fsp3) is 0.750. The highest BCUT2D eigenvalue weighted by Crippen LogP contribution is 2.33. The maximum absolute atomic E-state index is 12.2. The quantitative estimate of drug-likeness (QED) is 0.851. The Morgan fingerprint density at radius 3 is 2.80 bits per heavy atom. The molecule has 2 aliphatic rings. The first-order valence-corrected chi connectivity index (χ1v) is 7.85. The first kappa shape index (κ1) is 13.8. The molecule has 0 spiro atoms. The number of aryl methyl sites for hydroxylation is 2. The minimum absolute atomic E-state index is 0.253. The van der Waals surface area contributed by atoms with E-state index < -0.39 is 0 Å². The van der Waals surface area contributed by atoms with Gasteiger partial charge in [-0.05, 0) is 46.1 Å². The summed E-state index contributed by atoms with van der Waals surface area (Å²) < 4.78 is 5.70. The van der Waals surface area contributed by atoms with Crippen LogP contribution in [-0.4, -0.2) is 28.3 Å². The Bertz CT molecular complexity index is 475. The summed E-state index contributed by atoms with van der Waals surface area (Å²) in [6.07, 6.45) is 6.48. The SMILES string of the molecule is Cc1nc(CN2CCCC2C2CCCCC2=O)oc1C. The number of aromatic nitrogens is 1. The molecular weight excluding hydrogens is 252 g/mol. The number of nitrogens with zero attached hydrogens (tertiary/aromatic N) is 2. The molecule has 4 nitrogen and oxygen atoms in total. The number of ketones is 1. The number of likely N-dealkylation sites (tertiary alicyclic amines) is 1. The molecule has 1 saturated heterocycles. The smallest absolute Gasteiger partial charge is 0.208 e. The van der Waals surface area contributed by atoms with Crippen LogP contribution in [0.1, 0.15) is 55.9 Å². The van der Waals surface area contributed by atoms with Crippen molar-refractivity contribution in [3.8, 4) is 0 Å². The molecule has 110 valence electrons. The fourth-order valence-corrected chi connectivity index (χ4v) is 3.70. The molecule has 2 atom stereocenters. The van der Waals surface area contributed by atoms with Crippen LogP contribution in [0.2, 0.25) is 0 Å². The minimum atomic E-state index is 0.253. The maximum Gasteiger partial charge on any atom is 0.208 e. The molecule has 1 aromatic rings. The van der Waals surface area contributed by atoms with Gasteiger partial charge < -0.3 is 4.42 Å². The molecule has 2 heterocycles. The first-order valence-electron chi connectivity index (χ1n) is 7.85. The zero-order valence-electron chi connectivity index (χ0n) is 12.5. The van der Waals surface area contributed by atoms with Crippen molar-refractivity contribution in [2.45, 2.75) is 65.0 Å². The van der Waals surface area contributed by atoms with Crippen molar-refractivity contribution in [3.63, 3.8) is 0 Å². The zero-order valence-corrected chi connectivity index (χ0v) is 12.5. The van der Waals surface area contributed by atoms with Gasteiger partial charge in [-0.2, -0.15) is 0 Å². The third-order valence-electron chi connectivity index (χ3n) is 4.89. The molecule has 1 aromatic heterocycles. The molecule has 1 aliphatic carbocycles. The fourth-order valence-electron chi connectivity index (χ4n) is 3.70. The lowest BCUT2D eigenvalue weighted by molar-refractivity contribution is -0.126. The number of carbonyl (C=O) groups is 1. The highest BCUT2D eigenvalue weighted by Gasteiger charge is 2.37. The summed E-state index contributed by atoms with van der Waals surface area (Å²) in [6.45, 7) is 5.75. The van der Waals surface area contributed by atoms with Crippen molar-refractivity contribution in [3.05, 3.63) is 17.3 Å². The molecule has 20 heavy (non-hydrogen) atoms. The predicted octanol–water partition coefficient (Wildman–Crippen LogP) is 3.02. The Morgan fingerprint density at radius 1 is 1.25 bits per heavy atom. The molecule has 1 aliphatic heterocycles. The van der Waals surface area contributed by atoms with Crippen LogP contribution < -0.4 is 0 Å². The molecule has 4 heteroatoms. The average molecular weight is 276 g/mol. The van der Waals surface area contributed by atoms with Gasteiger partial charge in [0.05, 0.1) is 12.2 Å². The van der Waals surface area contributed by atoms with E-state index in [4.69, 9.17) is 4.42 Å². The molecule has 0 radical (unpaired) electrons. The van der Waals surface area contributed by atoms with E-state index in [9.17, 15) is 4.79 Å². The van der Waals surface area contributed by atoms with Crippen LogP contribution in [0.25, 0.3) is 0 Å². The number of hydrogen-bond donors (Lipinski definition) is 0. The van der Waals surface area contributed by atoms with Gasteiger partial charge in [0.15, 0.2) is 0 Å². The topological polar surface area (TPSA) is 46.3 Å². The Morgan fingerprint density at radius 2 is 2.10 bits per heavy atom. The van der Waals surface area contributed by atoms with Crippen LogP contribution in [0.5, 0.6) is 0 Å². The molecule has 0 aromatic carbocycles. The number of Topliss-reactive ketones (excluding diaryl/α,β-unsaturated/α-hetero) is 1. The third-order valence-corrected chi connectivity index (χ3v) is 4.89. The molecule has 0 bridgehead atoms. The highest BCUT2D eigenvalue weighted by atomic mass is 16.4. The Kier molecular flexibility index (Phi) is 3.92. The Hall–Kier alpha value is -1.16. The van der Waals surface area contributed by atoms with Gasteiger partial charge in [0.25, 0.3) is 0 Å². The summed E-state index contributed by atoms with van der Waals surface area (Å²) in [6, 6.07) is 0.412. The monoisotopic (exact) mass is 276 g/mol. The van der Waals surface area contributed by atoms with Gasteiger partial charge in [-0.3, -0.25) is 9.69 Å². The van der Waals surface area contributed by atoms with Crippen LogP contribution in [0.15, 0.2) is 4.42 Å². The van der Waals surface area contributed by atoms with Gasteiger partial charge in [0, 0.05) is 18.4 Å². The molecule has 2 unspecified atom stereocenters. The second kappa shape index (κ2) is 5.68. The van der Waals surface area contributed by atoms with Crippen LogP contribution in [0, 0.1) is 19.8 Å². The van der Waals surface area contributed by atoms with Crippen molar-refractivity contribution < 1.29 is 9.21 Å². The molecule has 3 rings (SSSR count). The summed E-state index contributed by atoms with van der Waals surface area (Å²) in [4.78, 5) is 19.1. The van der Waals surface area contributed by atoms with E-state index >= 15 is 0 Å². The highest BCUT2D eigenvalue weighted by molar-refractivity contribution is 5.82. The molecule has 0 N–H and O–H groups in total. The van der Waals surface area contributed by atoms with E-state index in [0.717, 1.165) is 56.1 Å². The van der Waals surface area contributed by atoms with Crippen molar-refractivity contribution in [1.29, 1.82) is 0 Å². The molecule has 2 fully saturated rings. The summed E-state index contributed by atoms with van der Waals surface area (Å²) in [5, 5.41) is 0. The first-order chi connectivity index (χ1) is 9.65. The number of rotatable bonds is 3. The number of carbonyl (C=O) groups excluding carboxylic acids is 1. The standard InChI is InChI=1S/C16H24N2O2/c1-11-12(2)20-16(17-11)10-18-9-5-7-14(18)13-6-3-4-8-15(13)19/h13-14H,3-10H2,1-2H3. The summed E-state index contributed by atoms with van der Waals surface area (Å²) in [5.74, 6) is 2.44. The van der Waals surface area contributed by atoms with Gasteiger partial charge in [-0.25, -0.2) is 4.98 Å². The normalized spacial score (nSPS) is 28.2. The Balaban J connectivity index is 1.70. The lowest BCUT2D eigenvalue weighted by Gasteiger charge is -2.32. The van der Waals surface area contributed by atoms with E-state index in [1.54, 1.807) is 0 Å². The second-order valence-corrected chi connectivity index (χ2v) is 6.25. The predicted molar refractivity (Wildman–Crippen MR) is 76.4 cm³/mol. The number of oxazole rings is 1. The average Bonchev–Trinajstić information content (AvgIpc) is 2.98. The lowest BCUT2D eigenvalue weighted by atomic mass is 9.82. The van der Waals surface area contributed by atoms with E-state index in [1.165, 1.54) is 12.8 Å². The summed E-state index contributed by atoms with van der Waals surface area (Å²) >= 11 is 0. The second-order valence-electron chi connectivity index (χ2n) is 6.25. The Labute approximate surface area is 120 Å². The van der Waals surface area contributed by atoms with Crippen LogP contribution >= 0.6 is 0 Å². The van der Waals surface area contributed by atoms with Gasteiger partial charge in [0.1, 0.15) is 11.5 Å². The zero-order chi connectivity index (χ0) is 14.1. The van der Waals surface area contributed by atoms with Crippen molar-refractivity contribution >= 4 is 5.78 Å². The molecule has 0 amide bonds. The lowest BCUT2D eigenvalue weighted by Crippen LogP contribution is -2.40. The summed E-state index contributed by atoms with van der Waals surface area (Å²) in [5.41, 5.74) is 0.976. The van der Waals surface area contributed by atoms with Crippen LogP contribution in [0.3, 0.4) is 0 Å². The van der Waals surface area contributed by atoms with E-state index in [1.807, 2.05) is 13.8 Å². The molecule has 1 saturated carbocycles. The van der Waals surface area contributed by atoms with Crippen molar-refractivity contribution in [2.75, 3.05) is 6.54 Å². The van der Waals surface area contributed by atoms with Gasteiger partial charge in [-0.1, -0.05) is 6.42 Å². The van der Waals surface area contributed by atoms with Gasteiger partial charge in [0.2, 0.25) is 5.89 Å². The van der Waals surface area contributed by atoms with Crippen molar-refractivity contribution in [1.82, 2.24) is 9.88 Å². The maximum atomic E-state index is 12.2. The van der Waals surface area contributed by atoms with Crippen LogP contribution in [0.4, 0.5) is 0 Å². The number of hydrogen-bond acceptors (Lipinski definition) is 4.